The maximum atomic E-state index is 12.2. The summed E-state index contributed by atoms with van der Waals surface area (Å²) in [5.74, 6) is 0.642. The van der Waals surface area contributed by atoms with Gasteiger partial charge in [0.2, 0.25) is 0 Å². The maximum Gasteiger partial charge on any atom is 0.258 e. The monoisotopic (exact) mass is 339 g/mol. The molecular formula is C20H21NO4. The average molecular weight is 339 g/mol. The van der Waals surface area contributed by atoms with Gasteiger partial charge in [0, 0.05) is 5.56 Å². The number of fused-ring (bicyclic) bond motifs is 1. The van der Waals surface area contributed by atoms with E-state index in [2.05, 4.69) is 17.4 Å². The van der Waals surface area contributed by atoms with Crippen LogP contribution in [0.25, 0.3) is 0 Å². The Morgan fingerprint density at radius 1 is 1.16 bits per heavy atom. The summed E-state index contributed by atoms with van der Waals surface area (Å²) in [7, 11) is 1.50. The van der Waals surface area contributed by atoms with E-state index >= 15 is 0 Å². The number of nitrogens with one attached hydrogen (secondary N) is 1. The third kappa shape index (κ3) is 3.82. The van der Waals surface area contributed by atoms with Crippen LogP contribution in [0.4, 0.5) is 0 Å². The number of Topliss-reactive ketones (excluding diaryl/α,β-unsaturated/α-hetero) is 1. The van der Waals surface area contributed by atoms with Gasteiger partial charge in [-0.15, -0.1) is 0 Å². The standard InChI is InChI=1S/C20H21NO4/c1-13(22)15-8-10-18(19(11-15)24-2)25-12-20(23)21-17-9-7-14-5-3-4-6-16(14)17/h3-6,8,10-11,17H,7,9,12H2,1-2H3,(H,21,23)/t17-/m1/s1. The Hall–Kier alpha value is -2.82. The molecule has 2 aromatic rings. The molecule has 1 aliphatic rings. The van der Waals surface area contributed by atoms with Gasteiger partial charge >= 0.3 is 0 Å². The molecule has 1 amide bonds. The minimum atomic E-state index is -0.181. The number of methoxy groups -OCH3 is 1. The van der Waals surface area contributed by atoms with Crippen LogP contribution in [0.5, 0.6) is 11.5 Å². The lowest BCUT2D eigenvalue weighted by Gasteiger charge is -2.15. The molecular weight excluding hydrogens is 318 g/mol. The Balaban J connectivity index is 1.61. The summed E-state index contributed by atoms with van der Waals surface area (Å²) in [5.41, 5.74) is 3.01. The minimum absolute atomic E-state index is 0.0364. The quantitative estimate of drug-likeness (QED) is 0.822. The molecule has 0 spiro atoms. The summed E-state index contributed by atoms with van der Waals surface area (Å²) in [6.07, 6.45) is 1.88. The minimum Gasteiger partial charge on any atom is -0.493 e. The normalized spacial score (nSPS) is 15.4. The van der Waals surface area contributed by atoms with Gasteiger partial charge in [0.1, 0.15) is 0 Å². The summed E-state index contributed by atoms with van der Waals surface area (Å²) in [6, 6.07) is 13.1. The fraction of sp³-hybridized carbons (Fsp3) is 0.300. The van der Waals surface area contributed by atoms with Crippen molar-refractivity contribution in [3.8, 4) is 11.5 Å². The van der Waals surface area contributed by atoms with Gasteiger partial charge < -0.3 is 14.8 Å². The molecule has 1 N–H and O–H groups in total. The fourth-order valence-corrected chi connectivity index (χ4v) is 3.09. The van der Waals surface area contributed by atoms with Crippen LogP contribution in [0.2, 0.25) is 0 Å². The number of hydrogen-bond donors (Lipinski definition) is 1. The van der Waals surface area contributed by atoms with E-state index in [1.54, 1.807) is 18.2 Å². The molecule has 1 atom stereocenters. The fourth-order valence-electron chi connectivity index (χ4n) is 3.09. The van der Waals surface area contributed by atoms with Gasteiger partial charge in [-0.25, -0.2) is 0 Å². The number of amides is 1. The number of rotatable bonds is 6. The summed E-state index contributed by atoms with van der Waals surface area (Å²) < 4.78 is 10.8. The molecule has 0 aromatic heterocycles. The number of aryl methyl sites for hydroxylation is 1. The summed E-state index contributed by atoms with van der Waals surface area (Å²) in [5, 5.41) is 3.01. The number of hydrogen-bond acceptors (Lipinski definition) is 4. The molecule has 0 bridgehead atoms. The molecule has 130 valence electrons. The van der Waals surface area contributed by atoms with Gasteiger partial charge in [0.05, 0.1) is 13.2 Å². The van der Waals surface area contributed by atoms with Gasteiger partial charge in [-0.3, -0.25) is 9.59 Å². The van der Waals surface area contributed by atoms with Crippen molar-refractivity contribution in [2.24, 2.45) is 0 Å². The molecule has 5 nitrogen and oxygen atoms in total. The summed E-state index contributed by atoms with van der Waals surface area (Å²) in [6.45, 7) is 1.39. The van der Waals surface area contributed by atoms with Crippen molar-refractivity contribution in [3.05, 3.63) is 59.2 Å². The van der Waals surface area contributed by atoms with Crippen LogP contribution in [0, 0.1) is 0 Å². The highest BCUT2D eigenvalue weighted by Gasteiger charge is 2.23. The third-order valence-corrected chi connectivity index (χ3v) is 4.40. The first kappa shape index (κ1) is 17.0. The first-order valence-corrected chi connectivity index (χ1v) is 8.27. The van der Waals surface area contributed by atoms with Gasteiger partial charge in [-0.1, -0.05) is 24.3 Å². The number of ether oxygens (including phenoxy) is 2. The predicted molar refractivity (Wildman–Crippen MR) is 94.1 cm³/mol. The van der Waals surface area contributed by atoms with Crippen molar-refractivity contribution in [3.63, 3.8) is 0 Å². The molecule has 0 fully saturated rings. The molecule has 25 heavy (non-hydrogen) atoms. The average Bonchev–Trinajstić information content (AvgIpc) is 3.02. The van der Waals surface area contributed by atoms with E-state index in [9.17, 15) is 9.59 Å². The van der Waals surface area contributed by atoms with Crippen molar-refractivity contribution >= 4 is 11.7 Å². The van der Waals surface area contributed by atoms with E-state index in [0.717, 1.165) is 12.8 Å². The van der Waals surface area contributed by atoms with Gasteiger partial charge in [-0.2, -0.15) is 0 Å². The van der Waals surface area contributed by atoms with Crippen LogP contribution < -0.4 is 14.8 Å². The highest BCUT2D eigenvalue weighted by atomic mass is 16.5. The summed E-state index contributed by atoms with van der Waals surface area (Å²) >= 11 is 0. The first-order valence-electron chi connectivity index (χ1n) is 8.27. The van der Waals surface area contributed by atoms with E-state index in [1.165, 1.54) is 25.2 Å². The van der Waals surface area contributed by atoms with Gasteiger partial charge in [0.25, 0.3) is 5.91 Å². The molecule has 0 saturated heterocycles. The second-order valence-corrected chi connectivity index (χ2v) is 6.07. The smallest absolute Gasteiger partial charge is 0.258 e. The van der Waals surface area contributed by atoms with E-state index in [0.29, 0.717) is 17.1 Å². The molecule has 0 saturated carbocycles. The van der Waals surface area contributed by atoms with Crippen molar-refractivity contribution < 1.29 is 19.1 Å². The second kappa shape index (κ2) is 7.38. The zero-order chi connectivity index (χ0) is 17.8. The van der Waals surface area contributed by atoms with Gasteiger partial charge in [0.15, 0.2) is 23.9 Å². The van der Waals surface area contributed by atoms with Crippen molar-refractivity contribution in [1.29, 1.82) is 0 Å². The zero-order valence-electron chi connectivity index (χ0n) is 14.4. The largest absolute Gasteiger partial charge is 0.493 e. The topological polar surface area (TPSA) is 64.6 Å². The van der Waals surface area contributed by atoms with Crippen LogP contribution in [0.15, 0.2) is 42.5 Å². The molecule has 5 heteroatoms. The summed E-state index contributed by atoms with van der Waals surface area (Å²) in [4.78, 5) is 23.7. The van der Waals surface area contributed by atoms with E-state index in [-0.39, 0.29) is 24.3 Å². The molecule has 0 radical (unpaired) electrons. The van der Waals surface area contributed by atoms with Gasteiger partial charge in [-0.05, 0) is 49.1 Å². The lowest BCUT2D eigenvalue weighted by atomic mass is 10.1. The molecule has 3 rings (SSSR count). The van der Waals surface area contributed by atoms with E-state index < -0.39 is 0 Å². The Kier molecular flexibility index (Phi) is 5.03. The molecule has 1 aliphatic carbocycles. The molecule has 0 aliphatic heterocycles. The highest BCUT2D eigenvalue weighted by Crippen LogP contribution is 2.31. The Morgan fingerprint density at radius 3 is 2.72 bits per heavy atom. The van der Waals surface area contributed by atoms with Crippen molar-refractivity contribution in [1.82, 2.24) is 5.32 Å². The van der Waals surface area contributed by atoms with Crippen molar-refractivity contribution in [2.45, 2.75) is 25.8 Å². The Morgan fingerprint density at radius 2 is 1.96 bits per heavy atom. The number of benzene rings is 2. The van der Waals surface area contributed by atoms with Crippen LogP contribution in [0.1, 0.15) is 40.9 Å². The lowest BCUT2D eigenvalue weighted by molar-refractivity contribution is -0.123. The van der Waals surface area contributed by atoms with Crippen LogP contribution in [0.3, 0.4) is 0 Å². The van der Waals surface area contributed by atoms with Crippen LogP contribution in [-0.2, 0) is 11.2 Å². The molecule has 0 unspecified atom stereocenters. The van der Waals surface area contributed by atoms with Crippen LogP contribution in [-0.4, -0.2) is 25.4 Å². The van der Waals surface area contributed by atoms with Crippen molar-refractivity contribution in [2.75, 3.05) is 13.7 Å². The SMILES string of the molecule is COc1cc(C(C)=O)ccc1OCC(=O)N[C@@H]1CCc2ccccc21. The second-order valence-electron chi connectivity index (χ2n) is 6.07. The first-order chi connectivity index (χ1) is 12.1. The lowest BCUT2D eigenvalue weighted by Crippen LogP contribution is -2.31. The van der Waals surface area contributed by atoms with E-state index in [1.807, 2.05) is 12.1 Å². The predicted octanol–water partition coefficient (Wildman–Crippen LogP) is 3.08. The highest BCUT2D eigenvalue weighted by molar-refractivity contribution is 5.94. The van der Waals surface area contributed by atoms with Crippen LogP contribution >= 0.6 is 0 Å². The number of carbonyl (C=O) groups excluding carboxylic acids is 2. The maximum absolute atomic E-state index is 12.2. The Bertz CT molecular complexity index is 800. The third-order valence-electron chi connectivity index (χ3n) is 4.40. The molecule has 2 aromatic carbocycles. The number of carbonyl (C=O) groups is 2. The van der Waals surface area contributed by atoms with E-state index in [4.69, 9.17) is 9.47 Å². The molecule has 0 heterocycles. The number of ketones is 1. The Labute approximate surface area is 147 Å². The zero-order valence-corrected chi connectivity index (χ0v) is 14.4.